The highest BCUT2D eigenvalue weighted by atomic mass is 32.2. The van der Waals surface area contributed by atoms with Crippen molar-refractivity contribution >= 4 is 15.8 Å². The molecule has 0 saturated carbocycles. The van der Waals surface area contributed by atoms with Crippen molar-refractivity contribution in [1.29, 1.82) is 0 Å². The summed E-state index contributed by atoms with van der Waals surface area (Å²) in [7, 11) is 1.77. The number of hydrogen-bond donors (Lipinski definition) is 1. The standard InChI is InChI=1S/C10H21N5O2S/c1-5-15-8-9(10(11)12-15)18(16,17)14(4)7-6-13(2)3/h8H,5-7H2,1-4H3,(H2,11,12). The third kappa shape index (κ3) is 3.21. The van der Waals surface area contributed by atoms with E-state index in [2.05, 4.69) is 5.10 Å². The Balaban J connectivity index is 2.94. The summed E-state index contributed by atoms with van der Waals surface area (Å²) < 4.78 is 27.3. The number of nitrogen functional groups attached to an aromatic ring is 1. The summed E-state index contributed by atoms with van der Waals surface area (Å²) in [5, 5.41) is 3.95. The zero-order chi connectivity index (χ0) is 13.9. The number of sulfonamides is 1. The van der Waals surface area contributed by atoms with Crippen molar-refractivity contribution in [3.8, 4) is 0 Å². The lowest BCUT2D eigenvalue weighted by molar-refractivity contribution is 0.358. The van der Waals surface area contributed by atoms with Gasteiger partial charge >= 0.3 is 0 Å². The number of anilines is 1. The molecule has 0 fully saturated rings. The Morgan fingerprint density at radius 1 is 1.33 bits per heavy atom. The molecule has 0 saturated heterocycles. The lowest BCUT2D eigenvalue weighted by Crippen LogP contribution is -2.33. The summed E-state index contributed by atoms with van der Waals surface area (Å²) in [6.45, 7) is 3.52. The first-order valence-electron chi connectivity index (χ1n) is 5.73. The van der Waals surface area contributed by atoms with Gasteiger partial charge in [-0.25, -0.2) is 8.42 Å². The maximum absolute atomic E-state index is 12.3. The molecular formula is C10H21N5O2S. The number of hydrogen-bond acceptors (Lipinski definition) is 5. The van der Waals surface area contributed by atoms with E-state index in [0.29, 0.717) is 19.6 Å². The molecule has 1 aromatic rings. The number of likely N-dealkylation sites (N-methyl/N-ethyl adjacent to an activating group) is 2. The van der Waals surface area contributed by atoms with E-state index in [1.807, 2.05) is 25.9 Å². The fraction of sp³-hybridized carbons (Fsp3) is 0.700. The van der Waals surface area contributed by atoms with Gasteiger partial charge in [0.05, 0.1) is 0 Å². The van der Waals surface area contributed by atoms with Gasteiger partial charge in [0.15, 0.2) is 5.82 Å². The van der Waals surface area contributed by atoms with E-state index in [-0.39, 0.29) is 10.7 Å². The summed E-state index contributed by atoms with van der Waals surface area (Å²) in [4.78, 5) is 2.00. The molecule has 8 heteroatoms. The highest BCUT2D eigenvalue weighted by Gasteiger charge is 2.25. The second kappa shape index (κ2) is 5.68. The van der Waals surface area contributed by atoms with E-state index in [4.69, 9.17) is 5.73 Å². The molecule has 7 nitrogen and oxygen atoms in total. The lowest BCUT2D eigenvalue weighted by atomic mass is 10.6. The van der Waals surface area contributed by atoms with Crippen LogP contribution in [0.15, 0.2) is 11.1 Å². The molecular weight excluding hydrogens is 254 g/mol. The number of rotatable bonds is 6. The van der Waals surface area contributed by atoms with Gasteiger partial charge in [0.1, 0.15) is 4.90 Å². The molecule has 1 rings (SSSR count). The van der Waals surface area contributed by atoms with Gasteiger partial charge < -0.3 is 10.6 Å². The average Bonchev–Trinajstić information content (AvgIpc) is 2.67. The molecule has 18 heavy (non-hydrogen) atoms. The number of aromatic nitrogens is 2. The highest BCUT2D eigenvalue weighted by Crippen LogP contribution is 2.19. The predicted octanol–water partition coefficient (Wildman–Crippen LogP) is -0.333. The van der Waals surface area contributed by atoms with Gasteiger partial charge in [-0.15, -0.1) is 0 Å². The third-order valence-electron chi connectivity index (χ3n) is 2.63. The lowest BCUT2D eigenvalue weighted by Gasteiger charge is -2.18. The molecule has 2 N–H and O–H groups in total. The minimum absolute atomic E-state index is 0.0496. The second-order valence-electron chi connectivity index (χ2n) is 4.36. The van der Waals surface area contributed by atoms with Crippen LogP contribution in [0.2, 0.25) is 0 Å². The molecule has 0 amide bonds. The highest BCUT2D eigenvalue weighted by molar-refractivity contribution is 7.89. The van der Waals surface area contributed by atoms with Gasteiger partial charge in [-0.2, -0.15) is 9.40 Å². The summed E-state index contributed by atoms with van der Waals surface area (Å²) in [6, 6.07) is 0. The van der Waals surface area contributed by atoms with Crippen LogP contribution in [-0.2, 0) is 16.6 Å². The van der Waals surface area contributed by atoms with Crippen LogP contribution in [0, 0.1) is 0 Å². The quantitative estimate of drug-likeness (QED) is 0.768. The first-order chi connectivity index (χ1) is 8.28. The molecule has 1 heterocycles. The van der Waals surface area contributed by atoms with Crippen molar-refractivity contribution in [2.75, 3.05) is 40.0 Å². The summed E-state index contributed by atoms with van der Waals surface area (Å²) in [5.74, 6) is 0.0496. The third-order valence-corrected chi connectivity index (χ3v) is 4.50. The molecule has 0 spiro atoms. The van der Waals surface area contributed by atoms with Crippen LogP contribution in [-0.4, -0.2) is 61.6 Å². The fourth-order valence-corrected chi connectivity index (χ4v) is 2.63. The summed E-state index contributed by atoms with van der Waals surface area (Å²) in [6.07, 6.45) is 1.47. The minimum Gasteiger partial charge on any atom is -0.381 e. The number of nitrogens with two attached hydrogens (primary N) is 1. The smallest absolute Gasteiger partial charge is 0.248 e. The molecule has 0 unspecified atom stereocenters. The predicted molar refractivity (Wildman–Crippen MR) is 70.7 cm³/mol. The zero-order valence-corrected chi connectivity index (χ0v) is 12.1. The van der Waals surface area contributed by atoms with Crippen LogP contribution in [0.4, 0.5) is 5.82 Å². The molecule has 0 aromatic carbocycles. The van der Waals surface area contributed by atoms with Crippen molar-refractivity contribution in [1.82, 2.24) is 19.0 Å². The SMILES string of the molecule is CCn1cc(S(=O)(=O)N(C)CCN(C)C)c(N)n1. The molecule has 104 valence electrons. The van der Waals surface area contributed by atoms with Gasteiger partial charge in [0.2, 0.25) is 10.0 Å². The van der Waals surface area contributed by atoms with Gasteiger partial charge in [-0.3, -0.25) is 4.68 Å². The van der Waals surface area contributed by atoms with Gasteiger partial charge in [-0.1, -0.05) is 0 Å². The van der Waals surface area contributed by atoms with Crippen molar-refractivity contribution in [3.05, 3.63) is 6.20 Å². The van der Waals surface area contributed by atoms with Crippen LogP contribution in [0.1, 0.15) is 6.92 Å². The molecule has 0 bridgehead atoms. The summed E-state index contributed by atoms with van der Waals surface area (Å²) in [5.41, 5.74) is 5.65. The monoisotopic (exact) mass is 275 g/mol. The zero-order valence-electron chi connectivity index (χ0n) is 11.3. The molecule has 1 aromatic heterocycles. The Labute approximate surface area is 108 Å². The van der Waals surface area contributed by atoms with Crippen molar-refractivity contribution in [2.45, 2.75) is 18.4 Å². The van der Waals surface area contributed by atoms with Crippen LogP contribution in [0.25, 0.3) is 0 Å². The van der Waals surface area contributed by atoms with Gasteiger partial charge in [-0.05, 0) is 21.0 Å². The molecule has 0 atom stereocenters. The Bertz CT molecular complexity index is 494. The van der Waals surface area contributed by atoms with E-state index >= 15 is 0 Å². The second-order valence-corrected chi connectivity index (χ2v) is 6.38. The number of nitrogens with zero attached hydrogens (tertiary/aromatic N) is 4. The van der Waals surface area contributed by atoms with Gasteiger partial charge in [0, 0.05) is 32.9 Å². The van der Waals surface area contributed by atoms with Crippen LogP contribution in [0.5, 0.6) is 0 Å². The normalized spacial score (nSPS) is 12.6. The van der Waals surface area contributed by atoms with E-state index in [0.717, 1.165) is 0 Å². The van der Waals surface area contributed by atoms with Crippen LogP contribution >= 0.6 is 0 Å². The summed E-state index contributed by atoms with van der Waals surface area (Å²) >= 11 is 0. The molecule has 0 radical (unpaired) electrons. The maximum atomic E-state index is 12.3. The first-order valence-corrected chi connectivity index (χ1v) is 7.17. The van der Waals surface area contributed by atoms with Gasteiger partial charge in [0.25, 0.3) is 0 Å². The average molecular weight is 275 g/mol. The first kappa shape index (κ1) is 14.9. The Kier molecular flexibility index (Phi) is 4.71. The Hall–Kier alpha value is -1.12. The van der Waals surface area contributed by atoms with Crippen molar-refractivity contribution in [2.24, 2.45) is 0 Å². The van der Waals surface area contributed by atoms with E-state index < -0.39 is 10.0 Å². The van der Waals surface area contributed by atoms with Crippen LogP contribution < -0.4 is 5.73 Å². The fourth-order valence-electron chi connectivity index (χ4n) is 1.41. The molecule has 0 aliphatic rings. The van der Waals surface area contributed by atoms with E-state index in [1.54, 1.807) is 7.05 Å². The van der Waals surface area contributed by atoms with Crippen molar-refractivity contribution in [3.63, 3.8) is 0 Å². The van der Waals surface area contributed by atoms with E-state index in [9.17, 15) is 8.42 Å². The Morgan fingerprint density at radius 2 is 1.94 bits per heavy atom. The molecule has 0 aliphatic heterocycles. The maximum Gasteiger partial charge on any atom is 0.248 e. The number of aryl methyl sites for hydroxylation is 1. The van der Waals surface area contributed by atoms with Crippen molar-refractivity contribution < 1.29 is 8.42 Å². The Morgan fingerprint density at radius 3 is 2.39 bits per heavy atom. The minimum atomic E-state index is -3.56. The largest absolute Gasteiger partial charge is 0.381 e. The van der Waals surface area contributed by atoms with E-state index in [1.165, 1.54) is 15.2 Å². The topological polar surface area (TPSA) is 84.5 Å². The molecule has 0 aliphatic carbocycles. The van der Waals surface area contributed by atoms with Crippen LogP contribution in [0.3, 0.4) is 0 Å².